The van der Waals surface area contributed by atoms with E-state index in [1.807, 2.05) is 11.8 Å². The van der Waals surface area contributed by atoms with Crippen LogP contribution in [0.4, 0.5) is 5.95 Å². The minimum Gasteiger partial charge on any atom is -0.342 e. The van der Waals surface area contributed by atoms with E-state index in [4.69, 9.17) is 11.6 Å². The van der Waals surface area contributed by atoms with Crippen molar-refractivity contribution in [2.24, 2.45) is 5.92 Å². The monoisotopic (exact) mass is 308 g/mol. The van der Waals surface area contributed by atoms with E-state index < -0.39 is 0 Å². The number of piperidine rings is 1. The standard InChI is InChI=1S/C15H21ClN4O/c1-11-9-13(16)18-15(17-11)19-7-4-12(5-8-19)10-20-6-2-3-14(20)21/h9,12H,2-8,10H2,1H3. The zero-order valence-electron chi connectivity index (χ0n) is 12.4. The van der Waals surface area contributed by atoms with Gasteiger partial charge >= 0.3 is 0 Å². The fourth-order valence-corrected chi connectivity index (χ4v) is 3.41. The van der Waals surface area contributed by atoms with Gasteiger partial charge in [0.25, 0.3) is 0 Å². The van der Waals surface area contributed by atoms with Crippen LogP contribution in [0.25, 0.3) is 0 Å². The fraction of sp³-hybridized carbons (Fsp3) is 0.667. The normalized spacial score (nSPS) is 20.4. The second-order valence-corrected chi connectivity index (χ2v) is 6.39. The molecule has 0 unspecified atom stereocenters. The third-order valence-corrected chi connectivity index (χ3v) is 4.55. The molecule has 114 valence electrons. The number of aryl methyl sites for hydroxylation is 1. The van der Waals surface area contributed by atoms with Crippen LogP contribution in [0, 0.1) is 12.8 Å². The molecule has 0 spiro atoms. The maximum Gasteiger partial charge on any atom is 0.226 e. The minimum absolute atomic E-state index is 0.325. The van der Waals surface area contributed by atoms with Gasteiger partial charge in [-0.2, -0.15) is 0 Å². The molecule has 1 aromatic heterocycles. The second-order valence-electron chi connectivity index (χ2n) is 6.01. The number of likely N-dealkylation sites (tertiary alicyclic amines) is 1. The fourth-order valence-electron chi connectivity index (χ4n) is 3.18. The molecule has 2 fully saturated rings. The van der Waals surface area contributed by atoms with Crippen molar-refractivity contribution in [3.05, 3.63) is 16.9 Å². The first-order chi connectivity index (χ1) is 10.1. The Morgan fingerprint density at radius 2 is 2.05 bits per heavy atom. The van der Waals surface area contributed by atoms with Gasteiger partial charge < -0.3 is 9.80 Å². The van der Waals surface area contributed by atoms with E-state index in [0.717, 1.165) is 63.5 Å². The lowest BCUT2D eigenvalue weighted by molar-refractivity contribution is -0.128. The van der Waals surface area contributed by atoms with Crippen molar-refractivity contribution in [3.8, 4) is 0 Å². The highest BCUT2D eigenvalue weighted by atomic mass is 35.5. The molecule has 0 N–H and O–H groups in total. The van der Waals surface area contributed by atoms with E-state index in [0.29, 0.717) is 17.0 Å². The molecule has 1 amide bonds. The molecule has 0 aromatic carbocycles. The Morgan fingerprint density at radius 3 is 2.67 bits per heavy atom. The summed E-state index contributed by atoms with van der Waals surface area (Å²) in [6.07, 6.45) is 3.92. The Hall–Kier alpha value is -1.36. The largest absolute Gasteiger partial charge is 0.342 e. The number of carbonyl (C=O) groups excluding carboxylic acids is 1. The third kappa shape index (κ3) is 3.46. The number of rotatable bonds is 3. The number of hydrogen-bond acceptors (Lipinski definition) is 4. The second kappa shape index (κ2) is 6.18. The SMILES string of the molecule is Cc1cc(Cl)nc(N2CCC(CN3CCCC3=O)CC2)n1. The highest BCUT2D eigenvalue weighted by molar-refractivity contribution is 6.29. The molecule has 1 aromatic rings. The van der Waals surface area contributed by atoms with E-state index in [1.165, 1.54) is 0 Å². The topological polar surface area (TPSA) is 49.3 Å². The lowest BCUT2D eigenvalue weighted by atomic mass is 9.96. The third-order valence-electron chi connectivity index (χ3n) is 4.36. The number of aromatic nitrogens is 2. The molecule has 5 nitrogen and oxygen atoms in total. The molecule has 21 heavy (non-hydrogen) atoms. The van der Waals surface area contributed by atoms with Gasteiger partial charge in [-0.15, -0.1) is 0 Å². The van der Waals surface area contributed by atoms with Crippen LogP contribution in [0.1, 0.15) is 31.4 Å². The Kier molecular flexibility index (Phi) is 4.29. The maximum atomic E-state index is 11.7. The highest BCUT2D eigenvalue weighted by Gasteiger charge is 2.27. The van der Waals surface area contributed by atoms with Gasteiger partial charge in [-0.25, -0.2) is 9.97 Å². The molecular weight excluding hydrogens is 288 g/mol. The smallest absolute Gasteiger partial charge is 0.226 e. The van der Waals surface area contributed by atoms with E-state index in [2.05, 4.69) is 14.9 Å². The number of amides is 1. The van der Waals surface area contributed by atoms with Crippen LogP contribution in [-0.2, 0) is 4.79 Å². The number of anilines is 1. The van der Waals surface area contributed by atoms with Gasteiger partial charge in [0.05, 0.1) is 0 Å². The summed E-state index contributed by atoms with van der Waals surface area (Å²) in [6, 6.07) is 1.77. The molecule has 3 rings (SSSR count). The van der Waals surface area contributed by atoms with Crippen molar-refractivity contribution in [1.82, 2.24) is 14.9 Å². The predicted molar refractivity (Wildman–Crippen MR) is 82.5 cm³/mol. The van der Waals surface area contributed by atoms with E-state index >= 15 is 0 Å². The number of nitrogens with zero attached hydrogens (tertiary/aromatic N) is 4. The van der Waals surface area contributed by atoms with Crippen LogP contribution in [0.2, 0.25) is 5.15 Å². The van der Waals surface area contributed by atoms with Gasteiger partial charge in [0, 0.05) is 38.3 Å². The number of carbonyl (C=O) groups is 1. The van der Waals surface area contributed by atoms with Crippen molar-refractivity contribution in [2.75, 3.05) is 31.1 Å². The first kappa shape index (κ1) is 14.6. The molecular formula is C15H21ClN4O. The summed E-state index contributed by atoms with van der Waals surface area (Å²) in [6.45, 7) is 5.67. The van der Waals surface area contributed by atoms with Crippen LogP contribution >= 0.6 is 11.6 Å². The molecule has 0 aliphatic carbocycles. The molecule has 0 saturated carbocycles. The summed E-state index contributed by atoms with van der Waals surface area (Å²) in [4.78, 5) is 24.7. The first-order valence-corrected chi connectivity index (χ1v) is 8.03. The van der Waals surface area contributed by atoms with Crippen LogP contribution in [0.15, 0.2) is 6.07 Å². The minimum atomic E-state index is 0.325. The Morgan fingerprint density at radius 1 is 1.29 bits per heavy atom. The van der Waals surface area contributed by atoms with Gasteiger partial charge in [0.1, 0.15) is 5.15 Å². The molecule has 2 aliphatic rings. The van der Waals surface area contributed by atoms with Crippen LogP contribution in [-0.4, -0.2) is 47.0 Å². The molecule has 0 atom stereocenters. The van der Waals surface area contributed by atoms with Crippen LogP contribution < -0.4 is 4.90 Å². The van der Waals surface area contributed by atoms with Crippen molar-refractivity contribution >= 4 is 23.5 Å². The molecule has 3 heterocycles. The average Bonchev–Trinajstić information content (AvgIpc) is 2.84. The first-order valence-electron chi connectivity index (χ1n) is 7.66. The number of hydrogen-bond donors (Lipinski definition) is 0. The van der Waals surface area contributed by atoms with Gasteiger partial charge in [0.2, 0.25) is 11.9 Å². The maximum absolute atomic E-state index is 11.7. The van der Waals surface area contributed by atoms with E-state index in [1.54, 1.807) is 6.07 Å². The zero-order valence-corrected chi connectivity index (χ0v) is 13.1. The molecule has 0 bridgehead atoms. The van der Waals surface area contributed by atoms with E-state index in [-0.39, 0.29) is 0 Å². The lowest BCUT2D eigenvalue weighted by Crippen LogP contribution is -2.39. The van der Waals surface area contributed by atoms with Gasteiger partial charge in [0.15, 0.2) is 0 Å². The van der Waals surface area contributed by atoms with Gasteiger partial charge in [-0.3, -0.25) is 4.79 Å². The van der Waals surface area contributed by atoms with Gasteiger partial charge in [-0.05, 0) is 38.2 Å². The summed E-state index contributed by atoms with van der Waals surface area (Å²) in [5.41, 5.74) is 0.898. The molecule has 0 radical (unpaired) electrons. The Balaban J connectivity index is 1.56. The van der Waals surface area contributed by atoms with Crippen molar-refractivity contribution < 1.29 is 4.79 Å². The van der Waals surface area contributed by atoms with Crippen LogP contribution in [0.3, 0.4) is 0 Å². The molecule has 6 heteroatoms. The van der Waals surface area contributed by atoms with Crippen molar-refractivity contribution in [1.29, 1.82) is 0 Å². The van der Waals surface area contributed by atoms with Crippen molar-refractivity contribution in [2.45, 2.75) is 32.6 Å². The van der Waals surface area contributed by atoms with Crippen LogP contribution in [0.5, 0.6) is 0 Å². The summed E-state index contributed by atoms with van der Waals surface area (Å²) in [7, 11) is 0. The molecule has 2 aliphatic heterocycles. The lowest BCUT2D eigenvalue weighted by Gasteiger charge is -2.34. The van der Waals surface area contributed by atoms with Crippen molar-refractivity contribution in [3.63, 3.8) is 0 Å². The van der Waals surface area contributed by atoms with E-state index in [9.17, 15) is 4.79 Å². The number of halogens is 1. The highest BCUT2D eigenvalue weighted by Crippen LogP contribution is 2.24. The summed E-state index contributed by atoms with van der Waals surface area (Å²) in [5.74, 6) is 1.66. The predicted octanol–water partition coefficient (Wildman–Crippen LogP) is 2.28. The zero-order chi connectivity index (χ0) is 14.8. The van der Waals surface area contributed by atoms with Gasteiger partial charge in [-0.1, -0.05) is 11.6 Å². The summed E-state index contributed by atoms with van der Waals surface area (Å²) >= 11 is 6.01. The quantitative estimate of drug-likeness (QED) is 0.804. The average molecular weight is 309 g/mol. The Bertz CT molecular complexity index is 508. The Labute approximate surface area is 130 Å². The summed E-state index contributed by atoms with van der Waals surface area (Å²) < 4.78 is 0. The summed E-state index contributed by atoms with van der Waals surface area (Å²) in [5, 5.41) is 0.502. The molecule has 2 saturated heterocycles.